The van der Waals surface area contributed by atoms with Crippen LogP contribution in [0.1, 0.15) is 31.7 Å². The van der Waals surface area contributed by atoms with E-state index in [4.69, 9.17) is 4.74 Å². The molecular weight excluding hydrogens is 346 g/mol. The summed E-state index contributed by atoms with van der Waals surface area (Å²) in [6.07, 6.45) is 10.5. The first-order valence-electron chi connectivity index (χ1n) is 9.74. The van der Waals surface area contributed by atoms with Gasteiger partial charge in [0, 0.05) is 11.8 Å². The molecule has 0 amide bonds. The molecular formula is C25H27NO2. The van der Waals surface area contributed by atoms with Crippen molar-refractivity contribution in [2.75, 3.05) is 6.61 Å². The number of hydrogen-bond acceptors (Lipinski definition) is 3. The van der Waals surface area contributed by atoms with Gasteiger partial charge in [0.1, 0.15) is 12.4 Å². The fourth-order valence-electron chi connectivity index (χ4n) is 3.05. The summed E-state index contributed by atoms with van der Waals surface area (Å²) < 4.78 is 5.60. The van der Waals surface area contributed by atoms with E-state index in [1.807, 2.05) is 25.3 Å². The molecule has 144 valence electrons. The van der Waals surface area contributed by atoms with Gasteiger partial charge in [0.15, 0.2) is 0 Å². The maximum atomic E-state index is 9.28. The zero-order chi connectivity index (χ0) is 19.8. The fourth-order valence-corrected chi connectivity index (χ4v) is 3.05. The van der Waals surface area contributed by atoms with Crippen molar-refractivity contribution in [1.82, 2.24) is 4.98 Å². The van der Waals surface area contributed by atoms with Gasteiger partial charge >= 0.3 is 0 Å². The van der Waals surface area contributed by atoms with Crippen LogP contribution in [0, 0.1) is 0 Å². The smallest absolute Gasteiger partial charge is 0.120 e. The van der Waals surface area contributed by atoms with Crippen molar-refractivity contribution < 1.29 is 9.84 Å². The number of pyridine rings is 1. The van der Waals surface area contributed by atoms with Crippen molar-refractivity contribution in [1.29, 1.82) is 0 Å². The van der Waals surface area contributed by atoms with Crippen LogP contribution < -0.4 is 4.74 Å². The largest absolute Gasteiger partial charge is 0.490 e. The number of allylic oxidation sites excluding steroid dienone is 1. The molecule has 1 aromatic heterocycles. The van der Waals surface area contributed by atoms with Crippen molar-refractivity contribution >= 4 is 16.8 Å². The van der Waals surface area contributed by atoms with Gasteiger partial charge in [0.25, 0.3) is 0 Å². The molecule has 3 heteroatoms. The van der Waals surface area contributed by atoms with E-state index in [-0.39, 0.29) is 6.10 Å². The first-order chi connectivity index (χ1) is 13.7. The number of fused-ring (bicyclic) bond motifs is 1. The van der Waals surface area contributed by atoms with E-state index in [0.717, 1.165) is 52.6 Å². The Morgan fingerprint density at radius 2 is 1.93 bits per heavy atom. The molecule has 1 atom stereocenters. The van der Waals surface area contributed by atoms with E-state index in [9.17, 15) is 5.11 Å². The molecule has 1 N–H and O–H groups in total. The summed E-state index contributed by atoms with van der Waals surface area (Å²) in [4.78, 5) is 4.61. The number of rotatable bonds is 9. The molecule has 0 aliphatic carbocycles. The van der Waals surface area contributed by atoms with E-state index >= 15 is 0 Å². The van der Waals surface area contributed by atoms with E-state index in [0.29, 0.717) is 6.61 Å². The van der Waals surface area contributed by atoms with Crippen LogP contribution in [0.3, 0.4) is 0 Å². The quantitative estimate of drug-likeness (QED) is 0.368. The van der Waals surface area contributed by atoms with Crippen molar-refractivity contribution in [3.8, 4) is 17.0 Å². The average molecular weight is 373 g/mol. The number of nitrogens with zero attached hydrogens (tertiary/aromatic N) is 1. The summed E-state index contributed by atoms with van der Waals surface area (Å²) in [6, 6.07) is 16.6. The van der Waals surface area contributed by atoms with Crippen LogP contribution in [-0.2, 0) is 0 Å². The highest BCUT2D eigenvalue weighted by atomic mass is 16.5. The van der Waals surface area contributed by atoms with Crippen LogP contribution >= 0.6 is 0 Å². The molecule has 3 aromatic rings. The molecule has 1 unspecified atom stereocenters. The molecule has 2 aromatic carbocycles. The molecule has 0 saturated heterocycles. The lowest BCUT2D eigenvalue weighted by molar-refractivity contribution is 0.182. The van der Waals surface area contributed by atoms with Crippen LogP contribution in [-0.4, -0.2) is 22.8 Å². The van der Waals surface area contributed by atoms with Gasteiger partial charge in [-0.15, -0.1) is 0 Å². The molecule has 0 spiro atoms. The van der Waals surface area contributed by atoms with Gasteiger partial charge in [-0.1, -0.05) is 49.1 Å². The zero-order valence-electron chi connectivity index (χ0n) is 16.3. The Morgan fingerprint density at radius 1 is 1.11 bits per heavy atom. The minimum atomic E-state index is -0.220. The molecule has 0 bridgehead atoms. The average Bonchev–Trinajstić information content (AvgIpc) is 2.71. The van der Waals surface area contributed by atoms with Crippen LogP contribution in [0.4, 0.5) is 0 Å². The monoisotopic (exact) mass is 373 g/mol. The van der Waals surface area contributed by atoms with E-state index in [2.05, 4.69) is 60.1 Å². The second-order valence-electron chi connectivity index (χ2n) is 6.98. The van der Waals surface area contributed by atoms with Gasteiger partial charge in [-0.25, -0.2) is 0 Å². The van der Waals surface area contributed by atoms with Crippen molar-refractivity contribution in [2.45, 2.75) is 32.3 Å². The van der Waals surface area contributed by atoms with Crippen molar-refractivity contribution in [2.24, 2.45) is 0 Å². The normalized spacial score (nSPS) is 12.4. The number of unbranched alkanes of at least 4 members (excludes halogenated alkanes) is 1. The molecule has 0 saturated carbocycles. The molecule has 1 heterocycles. The summed E-state index contributed by atoms with van der Waals surface area (Å²) in [5.41, 5.74) is 3.14. The third-order valence-electron chi connectivity index (χ3n) is 4.56. The highest BCUT2D eigenvalue weighted by Crippen LogP contribution is 2.26. The van der Waals surface area contributed by atoms with Crippen LogP contribution in [0.5, 0.6) is 5.75 Å². The van der Waals surface area contributed by atoms with E-state index in [1.165, 1.54) is 0 Å². The topological polar surface area (TPSA) is 42.4 Å². The Labute approximate surface area is 167 Å². The van der Waals surface area contributed by atoms with Crippen LogP contribution in [0.25, 0.3) is 28.1 Å². The lowest BCUT2D eigenvalue weighted by atomic mass is 10.0. The van der Waals surface area contributed by atoms with Gasteiger partial charge in [0.05, 0.1) is 11.8 Å². The maximum absolute atomic E-state index is 9.28. The zero-order valence-corrected chi connectivity index (χ0v) is 16.3. The Morgan fingerprint density at radius 3 is 2.68 bits per heavy atom. The van der Waals surface area contributed by atoms with E-state index in [1.54, 1.807) is 6.08 Å². The lowest BCUT2D eigenvalue weighted by Crippen LogP contribution is -1.97. The first kappa shape index (κ1) is 19.8. The first-order valence-corrected chi connectivity index (χ1v) is 9.74. The van der Waals surface area contributed by atoms with Gasteiger partial charge in [-0.2, -0.15) is 0 Å². The fraction of sp³-hybridized carbons (Fsp3) is 0.240. The molecule has 28 heavy (non-hydrogen) atoms. The van der Waals surface area contributed by atoms with Gasteiger partial charge < -0.3 is 9.84 Å². The Balaban J connectivity index is 1.68. The second kappa shape index (κ2) is 9.86. The molecule has 3 nitrogen and oxygen atoms in total. The number of hydrogen-bond donors (Lipinski definition) is 1. The molecule has 0 aliphatic rings. The summed E-state index contributed by atoms with van der Waals surface area (Å²) in [6.45, 7) is 6.01. The maximum Gasteiger partial charge on any atom is 0.120 e. The summed E-state index contributed by atoms with van der Waals surface area (Å²) in [7, 11) is 0. The predicted molar refractivity (Wildman–Crippen MR) is 117 cm³/mol. The van der Waals surface area contributed by atoms with Gasteiger partial charge in [-0.05, 0) is 66.8 Å². The minimum absolute atomic E-state index is 0.220. The Bertz CT molecular complexity index is 942. The number of aliphatic hydroxyl groups excluding tert-OH is 1. The number of aromatic nitrogens is 1. The van der Waals surface area contributed by atoms with Gasteiger partial charge in [-0.3, -0.25) is 4.98 Å². The predicted octanol–water partition coefficient (Wildman–Crippen LogP) is 6.03. The number of aliphatic hydroxyl groups is 1. The standard InChI is InChI=1S/C25H27NO2/c1-3-15-28-24-13-12-21-16-23(11-10-22(21)17-24)25-14-9-20(18-26-25)8-6-4-5-7-19(2)27/h3,6,8-14,16-19,27H,1,4-5,7,15H2,2H3. The summed E-state index contributed by atoms with van der Waals surface area (Å²) >= 11 is 0. The second-order valence-corrected chi connectivity index (χ2v) is 6.98. The van der Waals surface area contributed by atoms with E-state index < -0.39 is 0 Å². The minimum Gasteiger partial charge on any atom is -0.490 e. The van der Waals surface area contributed by atoms with Crippen molar-refractivity contribution in [3.05, 3.63) is 79.0 Å². The molecule has 0 fully saturated rings. The third kappa shape index (κ3) is 5.54. The van der Waals surface area contributed by atoms with Crippen molar-refractivity contribution in [3.63, 3.8) is 0 Å². The SMILES string of the molecule is C=CCOc1ccc2cc(-c3ccc(C=CCCCC(C)O)cn3)ccc2c1. The number of benzene rings is 2. The molecule has 0 aliphatic heterocycles. The highest BCUT2D eigenvalue weighted by Gasteiger charge is 2.03. The Kier molecular flexibility index (Phi) is 6.99. The summed E-state index contributed by atoms with van der Waals surface area (Å²) in [5.74, 6) is 0.850. The molecule has 3 rings (SSSR count). The van der Waals surface area contributed by atoms with Crippen LogP contribution in [0.15, 0.2) is 73.5 Å². The third-order valence-corrected chi connectivity index (χ3v) is 4.56. The van der Waals surface area contributed by atoms with Gasteiger partial charge in [0.2, 0.25) is 0 Å². The van der Waals surface area contributed by atoms with Crippen LogP contribution in [0.2, 0.25) is 0 Å². The highest BCUT2D eigenvalue weighted by molar-refractivity contribution is 5.88. The lowest BCUT2D eigenvalue weighted by Gasteiger charge is -2.07. The molecule has 0 radical (unpaired) electrons. The summed E-state index contributed by atoms with van der Waals surface area (Å²) in [5, 5.41) is 11.6. The Hall–Kier alpha value is -2.91. The number of ether oxygens (including phenoxy) is 1.